The number of hydrogen-bond donors (Lipinski definition) is 2. The Balaban J connectivity index is 0.00000196. The maximum Gasteiger partial charge on any atom is 0.416 e. The summed E-state index contributed by atoms with van der Waals surface area (Å²) < 4.78 is 37.2. The largest absolute Gasteiger partial charge is 0.416 e. The minimum Gasteiger partial charge on any atom is -0.317 e. The molecule has 6 heteroatoms. The van der Waals surface area contributed by atoms with E-state index in [9.17, 15) is 13.2 Å². The lowest BCUT2D eigenvalue weighted by molar-refractivity contribution is -0.138. The molecule has 2 nitrogen and oxygen atoms in total. The molecule has 1 aromatic carbocycles. The smallest absolute Gasteiger partial charge is 0.317 e. The van der Waals surface area contributed by atoms with Gasteiger partial charge in [0, 0.05) is 6.54 Å². The van der Waals surface area contributed by atoms with Crippen molar-refractivity contribution >= 4 is 12.4 Å². The van der Waals surface area contributed by atoms with Crippen LogP contribution in [-0.2, 0) is 12.6 Å². The van der Waals surface area contributed by atoms with Crippen molar-refractivity contribution in [3.8, 4) is 0 Å². The fourth-order valence-corrected chi connectivity index (χ4v) is 1.21. The first kappa shape index (κ1) is 14.2. The van der Waals surface area contributed by atoms with Crippen LogP contribution in [0.2, 0.25) is 0 Å². The van der Waals surface area contributed by atoms with Crippen LogP contribution in [0.1, 0.15) is 11.1 Å². The Morgan fingerprint density at radius 2 is 1.80 bits per heavy atom. The topological polar surface area (TPSA) is 32.3 Å². The van der Waals surface area contributed by atoms with Gasteiger partial charge in [-0.05, 0) is 18.1 Å². The summed E-state index contributed by atoms with van der Waals surface area (Å²) >= 11 is 0. The summed E-state index contributed by atoms with van der Waals surface area (Å²) in [6.07, 6.45) is -4.18. The van der Waals surface area contributed by atoms with Crippen LogP contribution < -0.4 is 5.48 Å². The maximum atomic E-state index is 12.4. The van der Waals surface area contributed by atoms with Crippen molar-refractivity contribution in [2.75, 3.05) is 6.54 Å². The van der Waals surface area contributed by atoms with Crippen LogP contribution in [0.5, 0.6) is 0 Å². The lowest BCUT2D eigenvalue weighted by atomic mass is 10.0. The van der Waals surface area contributed by atoms with E-state index in [0.29, 0.717) is 0 Å². The van der Waals surface area contributed by atoms with Gasteiger partial charge in [0.1, 0.15) is 0 Å². The highest BCUT2D eigenvalue weighted by Crippen LogP contribution is 2.31. The minimum atomic E-state index is -4.33. The van der Waals surface area contributed by atoms with E-state index in [2.05, 4.69) is 0 Å². The van der Waals surface area contributed by atoms with E-state index in [1.54, 1.807) is 6.07 Å². The van der Waals surface area contributed by atoms with Gasteiger partial charge in [-0.25, -0.2) is 5.48 Å². The van der Waals surface area contributed by atoms with E-state index in [1.807, 2.05) is 5.48 Å². The summed E-state index contributed by atoms with van der Waals surface area (Å²) in [5.74, 6) is 0. The Morgan fingerprint density at radius 3 is 2.33 bits per heavy atom. The predicted molar refractivity (Wildman–Crippen MR) is 52.2 cm³/mol. The number of hydroxylamine groups is 1. The van der Waals surface area contributed by atoms with Crippen LogP contribution in [-0.4, -0.2) is 11.8 Å². The van der Waals surface area contributed by atoms with Crippen LogP contribution in [0.4, 0.5) is 13.2 Å². The summed E-state index contributed by atoms with van der Waals surface area (Å²) in [4.78, 5) is 0. The highest BCUT2D eigenvalue weighted by atomic mass is 35.5. The fourth-order valence-electron chi connectivity index (χ4n) is 1.21. The summed E-state index contributed by atoms with van der Waals surface area (Å²) in [5, 5.41) is 8.29. The second-order valence-corrected chi connectivity index (χ2v) is 2.81. The minimum absolute atomic E-state index is 0. The molecule has 15 heavy (non-hydrogen) atoms. The van der Waals surface area contributed by atoms with Gasteiger partial charge in [0.05, 0.1) is 5.56 Å². The molecule has 0 radical (unpaired) electrons. The van der Waals surface area contributed by atoms with Gasteiger partial charge in [-0.15, -0.1) is 12.4 Å². The van der Waals surface area contributed by atoms with E-state index in [4.69, 9.17) is 5.21 Å². The second kappa shape index (κ2) is 5.95. The molecule has 0 fully saturated rings. The molecule has 0 spiro atoms. The van der Waals surface area contributed by atoms with Crippen LogP contribution >= 0.6 is 12.4 Å². The highest BCUT2D eigenvalue weighted by Gasteiger charge is 2.32. The molecule has 0 saturated carbocycles. The zero-order valence-corrected chi connectivity index (χ0v) is 8.53. The van der Waals surface area contributed by atoms with Gasteiger partial charge < -0.3 is 5.21 Å². The number of halogens is 4. The number of benzene rings is 1. The Hall–Kier alpha value is -0.780. The van der Waals surface area contributed by atoms with Crippen molar-refractivity contribution in [3.05, 3.63) is 35.4 Å². The van der Waals surface area contributed by atoms with Crippen molar-refractivity contribution < 1.29 is 18.4 Å². The van der Waals surface area contributed by atoms with E-state index in [1.165, 1.54) is 12.1 Å². The van der Waals surface area contributed by atoms with Crippen LogP contribution in [0.15, 0.2) is 24.3 Å². The maximum absolute atomic E-state index is 12.4. The molecule has 0 amide bonds. The third-order valence-electron chi connectivity index (χ3n) is 1.83. The standard InChI is InChI=1S/C9H10F3NO.ClH/c10-9(11,12)8-4-2-1-3-7(8)5-6-13-14;/h1-4,13-14H,5-6H2;1H. The van der Waals surface area contributed by atoms with Gasteiger partial charge in [0.25, 0.3) is 0 Å². The molecule has 0 aliphatic carbocycles. The third kappa shape index (κ3) is 4.07. The van der Waals surface area contributed by atoms with Gasteiger partial charge in [0.2, 0.25) is 0 Å². The average molecular weight is 242 g/mol. The first-order chi connectivity index (χ1) is 6.55. The molecule has 0 aliphatic heterocycles. The molecular weight excluding hydrogens is 231 g/mol. The van der Waals surface area contributed by atoms with E-state index in [-0.39, 0.29) is 30.9 Å². The molecule has 1 aromatic rings. The Labute approximate surface area is 91.5 Å². The molecule has 0 aliphatic rings. The number of alkyl halides is 3. The molecule has 0 atom stereocenters. The summed E-state index contributed by atoms with van der Waals surface area (Å²) in [6.45, 7) is 0.104. The van der Waals surface area contributed by atoms with E-state index < -0.39 is 11.7 Å². The molecule has 0 bridgehead atoms. The lowest BCUT2D eigenvalue weighted by Gasteiger charge is -2.11. The van der Waals surface area contributed by atoms with Crippen molar-refractivity contribution in [1.29, 1.82) is 0 Å². The van der Waals surface area contributed by atoms with Crippen molar-refractivity contribution in [2.24, 2.45) is 0 Å². The van der Waals surface area contributed by atoms with Crippen molar-refractivity contribution in [3.63, 3.8) is 0 Å². The van der Waals surface area contributed by atoms with Gasteiger partial charge >= 0.3 is 6.18 Å². The molecule has 0 heterocycles. The fraction of sp³-hybridized carbons (Fsp3) is 0.333. The van der Waals surface area contributed by atoms with Gasteiger partial charge in [-0.1, -0.05) is 18.2 Å². The highest BCUT2D eigenvalue weighted by molar-refractivity contribution is 5.85. The Bertz CT molecular complexity index is 304. The number of nitrogens with one attached hydrogen (secondary N) is 1. The van der Waals surface area contributed by atoms with Crippen LogP contribution in [0.25, 0.3) is 0 Å². The van der Waals surface area contributed by atoms with Gasteiger partial charge in [0.15, 0.2) is 0 Å². The van der Waals surface area contributed by atoms with Crippen LogP contribution in [0, 0.1) is 0 Å². The third-order valence-corrected chi connectivity index (χ3v) is 1.83. The summed E-state index contributed by atoms with van der Waals surface area (Å²) in [6, 6.07) is 5.33. The van der Waals surface area contributed by atoms with E-state index >= 15 is 0 Å². The zero-order chi connectivity index (χ0) is 10.6. The van der Waals surface area contributed by atoms with Crippen molar-refractivity contribution in [1.82, 2.24) is 5.48 Å². The molecule has 86 valence electrons. The number of hydrogen-bond acceptors (Lipinski definition) is 2. The zero-order valence-electron chi connectivity index (χ0n) is 7.71. The van der Waals surface area contributed by atoms with Gasteiger partial charge in [-0.3, -0.25) is 0 Å². The summed E-state index contributed by atoms with van der Waals surface area (Å²) in [7, 11) is 0. The predicted octanol–water partition coefficient (Wildman–Crippen LogP) is 2.65. The monoisotopic (exact) mass is 241 g/mol. The first-order valence-electron chi connectivity index (χ1n) is 4.08. The molecule has 0 aromatic heterocycles. The molecule has 0 unspecified atom stereocenters. The number of rotatable bonds is 3. The molecular formula is C9H11ClF3NO. The first-order valence-corrected chi connectivity index (χ1v) is 4.08. The van der Waals surface area contributed by atoms with Crippen molar-refractivity contribution in [2.45, 2.75) is 12.6 Å². The average Bonchev–Trinajstić information content (AvgIpc) is 2.14. The molecule has 0 saturated heterocycles. The Morgan fingerprint density at radius 1 is 1.20 bits per heavy atom. The Kier molecular flexibility index (Phi) is 5.64. The second-order valence-electron chi connectivity index (χ2n) is 2.81. The quantitative estimate of drug-likeness (QED) is 0.798. The molecule has 2 N–H and O–H groups in total. The van der Waals surface area contributed by atoms with Gasteiger partial charge in [-0.2, -0.15) is 13.2 Å². The normalized spacial score (nSPS) is 10.9. The molecule has 1 rings (SSSR count). The lowest BCUT2D eigenvalue weighted by Crippen LogP contribution is -2.15. The van der Waals surface area contributed by atoms with E-state index in [0.717, 1.165) is 6.07 Å². The summed E-state index contributed by atoms with van der Waals surface area (Å²) in [5.41, 5.74) is 1.37. The van der Waals surface area contributed by atoms with Crippen LogP contribution in [0.3, 0.4) is 0 Å². The SMILES string of the molecule is Cl.ONCCc1ccccc1C(F)(F)F.